The number of nitrogens with one attached hydrogen (secondary N) is 1. The van der Waals surface area contributed by atoms with Crippen LogP contribution in [0.4, 0.5) is 0 Å². The van der Waals surface area contributed by atoms with Gasteiger partial charge in [-0.2, -0.15) is 12.6 Å². The van der Waals surface area contributed by atoms with E-state index in [1.54, 1.807) is 27.7 Å². The summed E-state index contributed by atoms with van der Waals surface area (Å²) in [7, 11) is 0. The smallest absolute Gasteiger partial charge is 0.332 e. The number of carbonyl (C=O) groups is 2. The van der Waals surface area contributed by atoms with E-state index in [-0.39, 0.29) is 18.7 Å². The lowest BCUT2D eigenvalue weighted by atomic mass is 9.88. The van der Waals surface area contributed by atoms with Crippen LogP contribution in [0.1, 0.15) is 27.7 Å². The van der Waals surface area contributed by atoms with Gasteiger partial charge in [-0.05, 0) is 27.7 Å². The number of ether oxygens (including phenoxy) is 1. The molecule has 0 radical (unpaired) electrons. The molecule has 7 heteroatoms. The maximum absolute atomic E-state index is 11.7. The summed E-state index contributed by atoms with van der Waals surface area (Å²) in [5, 5.41) is 11.4. The number of hydrogen-bond acceptors (Lipinski definition) is 6. The quantitative estimate of drug-likeness (QED) is 0.312. The minimum atomic E-state index is -1.17. The van der Waals surface area contributed by atoms with Crippen LogP contribution in [0.3, 0.4) is 0 Å². The lowest BCUT2D eigenvalue weighted by molar-refractivity contribution is -0.154. The number of carbonyl (C=O) groups excluding carboxylic acids is 1. The average Bonchev–Trinajstić information content (AvgIpc) is 2.31. The molecular formula is C13H24N2O4S. The van der Waals surface area contributed by atoms with Gasteiger partial charge >= 0.3 is 11.9 Å². The molecular weight excluding hydrogens is 280 g/mol. The summed E-state index contributed by atoms with van der Waals surface area (Å²) in [5.74, 6) is -1.66. The Kier molecular flexibility index (Phi) is 6.73. The predicted molar refractivity (Wildman–Crippen MR) is 80.9 cm³/mol. The Labute approximate surface area is 125 Å². The number of carboxylic acid groups (broad SMARTS) is 1. The van der Waals surface area contributed by atoms with E-state index >= 15 is 0 Å². The third kappa shape index (κ3) is 5.52. The first-order chi connectivity index (χ1) is 8.94. The highest BCUT2D eigenvalue weighted by Crippen LogP contribution is 2.23. The highest BCUT2D eigenvalue weighted by molar-refractivity contribution is 7.81. The maximum atomic E-state index is 11.7. The summed E-state index contributed by atoms with van der Waals surface area (Å²) < 4.78 is 5.15. The van der Waals surface area contributed by atoms with E-state index < -0.39 is 28.3 Å². The van der Waals surface area contributed by atoms with Crippen molar-refractivity contribution >= 4 is 24.6 Å². The molecule has 0 fully saturated rings. The van der Waals surface area contributed by atoms with Crippen molar-refractivity contribution in [2.24, 2.45) is 5.73 Å². The molecule has 0 aromatic rings. The molecule has 1 unspecified atom stereocenters. The molecule has 0 saturated carbocycles. The number of rotatable bonds is 7. The Balaban J connectivity index is 4.90. The normalized spacial score (nSPS) is 16.1. The molecule has 0 aliphatic heterocycles. The lowest BCUT2D eigenvalue weighted by Gasteiger charge is -2.35. The second kappa shape index (κ2) is 7.10. The molecule has 0 spiro atoms. The molecule has 6 nitrogen and oxygen atoms in total. The first-order valence-corrected chi connectivity index (χ1v) is 6.73. The average molecular weight is 304 g/mol. The van der Waals surface area contributed by atoms with Gasteiger partial charge in [-0.3, -0.25) is 10.1 Å². The summed E-state index contributed by atoms with van der Waals surface area (Å²) in [6.07, 6.45) is 0. The van der Waals surface area contributed by atoms with Gasteiger partial charge in [-0.1, -0.05) is 6.58 Å². The van der Waals surface area contributed by atoms with Crippen molar-refractivity contribution in [2.75, 3.05) is 13.1 Å². The molecule has 4 N–H and O–H groups in total. The number of esters is 1. The first-order valence-electron chi connectivity index (χ1n) is 6.21. The third-order valence-corrected chi connectivity index (χ3v) is 3.52. The standard InChI is InChI=1S/C13H24N2O4S/c1-8(11(17)18)13(5,9(20)6-14)15-7-10(16)19-12(2,3)4/h9,15,20H,1,6-7,14H2,2-5H3,(H,17,18)/t9?,13-/m0/s1. The van der Waals surface area contributed by atoms with Crippen LogP contribution in [-0.4, -0.2) is 46.5 Å². The fraction of sp³-hybridized carbons (Fsp3) is 0.692. The second-order valence-corrected chi connectivity index (χ2v) is 6.30. The zero-order chi connectivity index (χ0) is 16.1. The summed E-state index contributed by atoms with van der Waals surface area (Å²) in [4.78, 5) is 22.8. The van der Waals surface area contributed by atoms with Crippen molar-refractivity contribution in [3.63, 3.8) is 0 Å². The Morgan fingerprint density at radius 1 is 1.40 bits per heavy atom. The summed E-state index contributed by atoms with van der Waals surface area (Å²) in [6.45, 7) is 10.4. The Morgan fingerprint density at radius 2 is 1.90 bits per heavy atom. The van der Waals surface area contributed by atoms with Crippen LogP contribution in [-0.2, 0) is 14.3 Å². The fourth-order valence-corrected chi connectivity index (χ4v) is 1.76. The van der Waals surface area contributed by atoms with E-state index in [0.717, 1.165) is 0 Å². The van der Waals surface area contributed by atoms with Crippen LogP contribution in [0.5, 0.6) is 0 Å². The third-order valence-electron chi connectivity index (χ3n) is 2.79. The fourth-order valence-electron chi connectivity index (χ4n) is 1.52. The van der Waals surface area contributed by atoms with Crippen molar-refractivity contribution in [1.29, 1.82) is 0 Å². The number of carboxylic acids is 1. The van der Waals surface area contributed by atoms with Gasteiger partial charge in [0.05, 0.1) is 17.7 Å². The van der Waals surface area contributed by atoms with Crippen molar-refractivity contribution in [3.05, 3.63) is 12.2 Å². The molecule has 116 valence electrons. The molecule has 0 aromatic heterocycles. The van der Waals surface area contributed by atoms with Crippen LogP contribution in [0.15, 0.2) is 12.2 Å². The molecule has 0 saturated heterocycles. The van der Waals surface area contributed by atoms with Gasteiger partial charge in [0.2, 0.25) is 0 Å². The van der Waals surface area contributed by atoms with Gasteiger partial charge in [0, 0.05) is 11.8 Å². The Morgan fingerprint density at radius 3 is 2.25 bits per heavy atom. The van der Waals surface area contributed by atoms with E-state index in [9.17, 15) is 9.59 Å². The minimum Gasteiger partial charge on any atom is -0.478 e. The zero-order valence-electron chi connectivity index (χ0n) is 12.4. The summed E-state index contributed by atoms with van der Waals surface area (Å²) in [6, 6.07) is 0. The van der Waals surface area contributed by atoms with Crippen molar-refractivity contribution in [3.8, 4) is 0 Å². The van der Waals surface area contributed by atoms with Gasteiger partial charge in [-0.25, -0.2) is 4.79 Å². The van der Waals surface area contributed by atoms with E-state index in [2.05, 4.69) is 24.5 Å². The number of aliphatic carboxylic acids is 1. The van der Waals surface area contributed by atoms with E-state index in [0.29, 0.717) is 0 Å². The second-order valence-electron chi connectivity index (χ2n) is 5.68. The lowest BCUT2D eigenvalue weighted by Crippen LogP contribution is -2.56. The highest BCUT2D eigenvalue weighted by Gasteiger charge is 2.38. The SMILES string of the molecule is C=C(C(=O)O)[C@](C)(NCC(=O)OC(C)(C)C)C(S)CN. The number of nitrogens with two attached hydrogens (primary N) is 1. The van der Waals surface area contributed by atoms with Gasteiger partial charge in [-0.15, -0.1) is 0 Å². The Hall–Kier alpha value is -1.05. The molecule has 0 aliphatic carbocycles. The summed E-state index contributed by atoms with van der Waals surface area (Å²) >= 11 is 4.27. The highest BCUT2D eigenvalue weighted by atomic mass is 32.1. The van der Waals surface area contributed by atoms with Crippen molar-refractivity contribution < 1.29 is 19.4 Å². The molecule has 0 heterocycles. The van der Waals surface area contributed by atoms with Crippen LogP contribution in [0, 0.1) is 0 Å². The molecule has 0 bridgehead atoms. The van der Waals surface area contributed by atoms with Crippen LogP contribution >= 0.6 is 12.6 Å². The first kappa shape index (κ1) is 18.9. The molecule has 0 rings (SSSR count). The minimum absolute atomic E-state index is 0.105. The molecule has 20 heavy (non-hydrogen) atoms. The van der Waals surface area contributed by atoms with Gasteiger partial charge in [0.25, 0.3) is 0 Å². The monoisotopic (exact) mass is 304 g/mol. The topological polar surface area (TPSA) is 102 Å². The van der Waals surface area contributed by atoms with Crippen molar-refractivity contribution in [1.82, 2.24) is 5.32 Å². The number of hydrogen-bond donors (Lipinski definition) is 4. The van der Waals surface area contributed by atoms with E-state index in [4.69, 9.17) is 15.6 Å². The van der Waals surface area contributed by atoms with E-state index in [1.807, 2.05) is 0 Å². The largest absolute Gasteiger partial charge is 0.478 e. The molecule has 0 aromatic carbocycles. The van der Waals surface area contributed by atoms with Crippen LogP contribution < -0.4 is 11.1 Å². The van der Waals surface area contributed by atoms with Gasteiger partial charge in [0.15, 0.2) is 0 Å². The predicted octanol–water partition coefficient (Wildman–Crippen LogP) is 0.574. The van der Waals surface area contributed by atoms with Crippen LogP contribution in [0.2, 0.25) is 0 Å². The molecule has 0 aliphatic rings. The van der Waals surface area contributed by atoms with Crippen LogP contribution in [0.25, 0.3) is 0 Å². The van der Waals surface area contributed by atoms with E-state index in [1.165, 1.54) is 0 Å². The summed E-state index contributed by atoms with van der Waals surface area (Å²) in [5.41, 5.74) is 3.72. The number of thiol groups is 1. The zero-order valence-corrected chi connectivity index (χ0v) is 13.3. The molecule has 2 atom stereocenters. The van der Waals surface area contributed by atoms with Crippen molar-refractivity contribution in [2.45, 2.75) is 44.1 Å². The van der Waals surface area contributed by atoms with Gasteiger partial charge in [0.1, 0.15) is 5.60 Å². The molecule has 0 amide bonds. The maximum Gasteiger partial charge on any atom is 0.332 e. The van der Waals surface area contributed by atoms with Gasteiger partial charge < -0.3 is 15.6 Å². The Bertz CT molecular complexity index is 392.